The first-order valence-corrected chi connectivity index (χ1v) is 11.5. The summed E-state index contributed by atoms with van der Waals surface area (Å²) in [7, 11) is 0. The van der Waals surface area contributed by atoms with Crippen LogP contribution in [0.5, 0.6) is 0 Å². The monoisotopic (exact) mass is 454 g/mol. The van der Waals surface area contributed by atoms with Crippen LogP contribution < -0.4 is 5.32 Å². The average Bonchev–Trinajstić information content (AvgIpc) is 3.38. The van der Waals surface area contributed by atoms with Gasteiger partial charge >= 0.3 is 0 Å². The lowest BCUT2D eigenvalue weighted by molar-refractivity contribution is -0.150. The summed E-state index contributed by atoms with van der Waals surface area (Å²) >= 11 is 6.02. The summed E-state index contributed by atoms with van der Waals surface area (Å²) in [4.78, 5) is 17.7. The molecular formula is C23H24ClFN6O. The van der Waals surface area contributed by atoms with Gasteiger partial charge in [0, 0.05) is 11.8 Å². The number of amides is 1. The maximum Gasteiger partial charge on any atom is 0.242 e. The Hall–Kier alpha value is -2.74. The molecule has 1 aromatic carbocycles. The van der Waals surface area contributed by atoms with Gasteiger partial charge in [0.2, 0.25) is 11.2 Å². The molecule has 4 aliphatic carbocycles. The second-order valence-electron chi connectivity index (χ2n) is 9.90. The highest BCUT2D eigenvalue weighted by atomic mass is 35.5. The van der Waals surface area contributed by atoms with Crippen LogP contribution in [0.25, 0.3) is 0 Å². The van der Waals surface area contributed by atoms with E-state index in [1.165, 1.54) is 12.5 Å². The quantitative estimate of drug-likeness (QED) is 0.625. The smallest absolute Gasteiger partial charge is 0.242 e. The van der Waals surface area contributed by atoms with Crippen LogP contribution in [0.4, 0.5) is 10.1 Å². The Kier molecular flexibility index (Phi) is 4.44. The molecule has 2 atom stereocenters. The van der Waals surface area contributed by atoms with E-state index in [1.54, 1.807) is 41.6 Å². The molecule has 3 aromatic rings. The summed E-state index contributed by atoms with van der Waals surface area (Å²) in [5.41, 5.74) is 0.593. The second-order valence-corrected chi connectivity index (χ2v) is 10.2. The molecule has 32 heavy (non-hydrogen) atoms. The Morgan fingerprint density at radius 2 is 2.00 bits per heavy atom. The Labute approximate surface area is 190 Å². The Morgan fingerprint density at radius 1 is 1.22 bits per heavy atom. The summed E-state index contributed by atoms with van der Waals surface area (Å²) in [6.45, 7) is 0.313. The summed E-state index contributed by atoms with van der Waals surface area (Å²) in [6.07, 6.45) is 10.9. The van der Waals surface area contributed by atoms with Gasteiger partial charge in [0.15, 0.2) is 0 Å². The number of halogens is 2. The Balaban J connectivity index is 1.22. The molecule has 0 aliphatic heterocycles. The summed E-state index contributed by atoms with van der Waals surface area (Å²) in [6, 6.07) is 6.64. The molecule has 4 bridgehead atoms. The van der Waals surface area contributed by atoms with Crippen molar-refractivity contribution >= 4 is 23.2 Å². The first kappa shape index (κ1) is 19.9. The number of aromatic nitrogens is 5. The first-order chi connectivity index (χ1) is 15.4. The van der Waals surface area contributed by atoms with Crippen LogP contribution in [0.2, 0.25) is 5.28 Å². The molecule has 0 radical (unpaired) electrons. The van der Waals surface area contributed by atoms with Gasteiger partial charge in [-0.05, 0) is 68.0 Å². The number of anilines is 1. The number of carbonyl (C=O) groups excluding carboxylic acids is 1. The number of nitrogens with zero attached hydrogens (tertiary/aromatic N) is 5. The van der Waals surface area contributed by atoms with Crippen LogP contribution >= 0.6 is 11.6 Å². The fourth-order valence-electron chi connectivity index (χ4n) is 6.80. The van der Waals surface area contributed by atoms with Crippen molar-refractivity contribution in [3.63, 3.8) is 0 Å². The highest BCUT2D eigenvalue weighted by Gasteiger charge is 2.61. The maximum atomic E-state index is 14.0. The van der Waals surface area contributed by atoms with Crippen molar-refractivity contribution < 1.29 is 9.18 Å². The van der Waals surface area contributed by atoms with E-state index in [2.05, 4.69) is 20.5 Å². The van der Waals surface area contributed by atoms with E-state index in [9.17, 15) is 9.18 Å². The van der Waals surface area contributed by atoms with Crippen LogP contribution in [0, 0.1) is 23.1 Å². The predicted molar refractivity (Wildman–Crippen MR) is 116 cm³/mol. The topological polar surface area (TPSA) is 77.6 Å². The highest BCUT2D eigenvalue weighted by Crippen LogP contribution is 2.64. The molecule has 1 N–H and O–H groups in total. The molecule has 4 saturated carbocycles. The van der Waals surface area contributed by atoms with Crippen LogP contribution in [-0.4, -0.2) is 30.5 Å². The molecule has 0 spiro atoms. The van der Waals surface area contributed by atoms with Gasteiger partial charge < -0.3 is 5.32 Å². The molecule has 4 fully saturated rings. The zero-order chi connectivity index (χ0) is 21.9. The van der Waals surface area contributed by atoms with Gasteiger partial charge in [-0.3, -0.25) is 9.48 Å². The van der Waals surface area contributed by atoms with Gasteiger partial charge in [-0.15, -0.1) is 5.10 Å². The summed E-state index contributed by atoms with van der Waals surface area (Å²) < 4.78 is 17.5. The van der Waals surface area contributed by atoms with Gasteiger partial charge in [-0.2, -0.15) is 5.10 Å². The molecule has 7 rings (SSSR count). The van der Waals surface area contributed by atoms with Crippen LogP contribution in [0.15, 0.2) is 43.0 Å². The largest absolute Gasteiger partial charge is 0.323 e. The number of benzene rings is 1. The van der Waals surface area contributed by atoms with E-state index in [4.69, 9.17) is 11.6 Å². The van der Waals surface area contributed by atoms with E-state index >= 15 is 0 Å². The van der Waals surface area contributed by atoms with Crippen molar-refractivity contribution in [1.29, 1.82) is 0 Å². The van der Waals surface area contributed by atoms with Crippen molar-refractivity contribution in [1.82, 2.24) is 24.5 Å². The van der Waals surface area contributed by atoms with Crippen molar-refractivity contribution in [3.05, 3.63) is 59.7 Å². The number of carbonyl (C=O) groups is 1. The standard InChI is InChI=1S/C23H24ClFN6O/c24-21-26-14-31(29-21)23-8-15-5-16(9-23)7-22(6-15,13-23)20(32)28-18-10-27-30(12-18)11-17-3-1-2-4-19(17)25/h1-4,10,12,14-16H,5-9,11,13H2,(H,28,32). The fourth-order valence-corrected chi connectivity index (χ4v) is 6.92. The molecule has 9 heteroatoms. The number of hydrogen-bond acceptors (Lipinski definition) is 4. The number of hydrogen-bond donors (Lipinski definition) is 1. The molecule has 0 saturated heterocycles. The van der Waals surface area contributed by atoms with E-state index in [0.29, 0.717) is 29.6 Å². The van der Waals surface area contributed by atoms with Crippen LogP contribution in [-0.2, 0) is 16.9 Å². The van der Waals surface area contributed by atoms with Crippen molar-refractivity contribution in [3.8, 4) is 0 Å². The first-order valence-electron chi connectivity index (χ1n) is 11.1. The van der Waals surface area contributed by atoms with Gasteiger partial charge in [-0.25, -0.2) is 14.1 Å². The third-order valence-corrected chi connectivity index (χ3v) is 7.82. The van der Waals surface area contributed by atoms with Crippen LogP contribution in [0.3, 0.4) is 0 Å². The third-order valence-electron chi connectivity index (χ3n) is 7.64. The second kappa shape index (κ2) is 7.13. The van der Waals surface area contributed by atoms with Crippen molar-refractivity contribution in [2.45, 2.75) is 50.6 Å². The van der Waals surface area contributed by atoms with Crippen LogP contribution in [0.1, 0.15) is 44.1 Å². The molecule has 7 nitrogen and oxygen atoms in total. The van der Waals surface area contributed by atoms with E-state index in [0.717, 1.165) is 32.1 Å². The lowest BCUT2D eigenvalue weighted by atomic mass is 9.46. The third kappa shape index (κ3) is 3.23. The highest BCUT2D eigenvalue weighted by molar-refractivity contribution is 6.28. The van der Waals surface area contributed by atoms with Gasteiger partial charge in [-0.1, -0.05) is 18.2 Å². The summed E-state index contributed by atoms with van der Waals surface area (Å²) in [5.74, 6) is 0.802. The van der Waals surface area contributed by atoms with Gasteiger partial charge in [0.25, 0.3) is 0 Å². The van der Waals surface area contributed by atoms with E-state index in [-0.39, 0.29) is 22.5 Å². The van der Waals surface area contributed by atoms with E-state index < -0.39 is 5.41 Å². The molecule has 166 valence electrons. The Bertz CT molecular complexity index is 1170. The number of rotatable bonds is 5. The molecule has 2 heterocycles. The van der Waals surface area contributed by atoms with Crippen molar-refractivity contribution in [2.75, 3.05) is 5.32 Å². The minimum absolute atomic E-state index is 0.0487. The molecule has 2 aromatic heterocycles. The molecular weight excluding hydrogens is 431 g/mol. The average molecular weight is 455 g/mol. The van der Waals surface area contributed by atoms with Gasteiger partial charge in [0.1, 0.15) is 12.1 Å². The molecule has 4 aliphatic rings. The maximum absolute atomic E-state index is 14.0. The lowest BCUT2D eigenvalue weighted by Crippen LogP contribution is -2.60. The van der Waals surface area contributed by atoms with Crippen molar-refractivity contribution in [2.24, 2.45) is 17.3 Å². The van der Waals surface area contributed by atoms with E-state index in [1.807, 2.05) is 4.68 Å². The molecule has 2 unspecified atom stereocenters. The summed E-state index contributed by atoms with van der Waals surface area (Å²) in [5, 5.41) is 12.1. The zero-order valence-corrected chi connectivity index (χ0v) is 18.3. The normalized spacial score (nSPS) is 30.6. The minimum atomic E-state index is -0.420. The lowest BCUT2D eigenvalue weighted by Gasteiger charge is -2.60. The zero-order valence-electron chi connectivity index (χ0n) is 17.5. The minimum Gasteiger partial charge on any atom is -0.323 e. The molecule has 1 amide bonds. The number of nitrogens with one attached hydrogen (secondary N) is 1. The predicted octanol–water partition coefficient (Wildman–Crippen LogP) is 4.25. The Morgan fingerprint density at radius 3 is 2.72 bits per heavy atom. The fraction of sp³-hybridized carbons (Fsp3) is 0.478. The SMILES string of the molecule is O=C(Nc1cnn(Cc2ccccc2F)c1)C12CC3CC(C1)CC(n1cnc(Cl)n1)(C3)C2. The van der Waals surface area contributed by atoms with Gasteiger partial charge in [0.05, 0.1) is 29.4 Å².